The standard InChI is InChI=1S/C26H34N2O4/c1-15-6-7-20-18(23(30)31-26(20)19(15)8-9-25(2)24(26)32-25)14-27-11-16-10-17(13-27)21-4-3-5-22(29)28(21)12-16/h3-5,15-20,24H,6-14H2,1-2H3/t15-,16-,17+,18-,19+,20+,24-,25-,26-/m1/s1. The van der Waals surface area contributed by atoms with Crippen molar-refractivity contribution in [3.05, 3.63) is 34.2 Å². The van der Waals surface area contributed by atoms with Crippen molar-refractivity contribution >= 4 is 5.97 Å². The predicted molar refractivity (Wildman–Crippen MR) is 118 cm³/mol. The lowest BCUT2D eigenvalue weighted by Crippen LogP contribution is -2.58. The summed E-state index contributed by atoms with van der Waals surface area (Å²) in [5.74, 6) is 2.14. The van der Waals surface area contributed by atoms with Crippen molar-refractivity contribution in [1.82, 2.24) is 9.47 Å². The van der Waals surface area contributed by atoms with Crippen LogP contribution >= 0.6 is 0 Å². The van der Waals surface area contributed by atoms with Gasteiger partial charge in [0.25, 0.3) is 5.56 Å². The van der Waals surface area contributed by atoms with Gasteiger partial charge in [-0.1, -0.05) is 13.0 Å². The molecule has 0 aromatic carbocycles. The van der Waals surface area contributed by atoms with Gasteiger partial charge in [-0.05, 0) is 56.9 Å². The van der Waals surface area contributed by atoms with Gasteiger partial charge in [-0.25, -0.2) is 0 Å². The van der Waals surface area contributed by atoms with Gasteiger partial charge in [0.15, 0.2) is 0 Å². The summed E-state index contributed by atoms with van der Waals surface area (Å²) >= 11 is 0. The van der Waals surface area contributed by atoms with Crippen LogP contribution in [0.3, 0.4) is 0 Å². The van der Waals surface area contributed by atoms with E-state index >= 15 is 0 Å². The number of nitrogens with zero attached hydrogens (tertiary/aromatic N) is 2. The molecule has 1 aromatic rings. The summed E-state index contributed by atoms with van der Waals surface area (Å²) in [6.07, 6.45) is 5.71. The fourth-order valence-electron chi connectivity index (χ4n) is 8.68. The number of hydrogen-bond donors (Lipinski definition) is 0. The molecular formula is C26H34N2O4. The average Bonchev–Trinajstić information content (AvgIpc) is 3.39. The van der Waals surface area contributed by atoms with E-state index in [0.29, 0.717) is 23.7 Å². The first-order valence-electron chi connectivity index (χ1n) is 12.7. The number of piperidine rings is 1. The molecular weight excluding hydrogens is 404 g/mol. The number of ether oxygens (including phenoxy) is 2. The highest BCUT2D eigenvalue weighted by Crippen LogP contribution is 2.66. The van der Waals surface area contributed by atoms with Crippen LogP contribution in [0.5, 0.6) is 0 Å². The number of likely N-dealkylation sites (tertiary alicyclic amines) is 1. The summed E-state index contributed by atoms with van der Waals surface area (Å²) in [6.45, 7) is 8.06. The minimum Gasteiger partial charge on any atom is -0.455 e. The highest BCUT2D eigenvalue weighted by molar-refractivity contribution is 5.77. The summed E-state index contributed by atoms with van der Waals surface area (Å²) < 4.78 is 14.7. The second-order valence-corrected chi connectivity index (χ2v) is 11.9. The van der Waals surface area contributed by atoms with E-state index in [1.165, 1.54) is 12.1 Å². The van der Waals surface area contributed by atoms with Crippen molar-refractivity contribution in [2.75, 3.05) is 19.6 Å². The maximum absolute atomic E-state index is 13.4. The molecule has 9 atom stereocenters. The molecule has 5 heterocycles. The van der Waals surface area contributed by atoms with Gasteiger partial charge in [-0.3, -0.25) is 9.59 Å². The fraction of sp³-hybridized carbons (Fsp3) is 0.769. The molecule has 6 aliphatic rings. The highest BCUT2D eigenvalue weighted by atomic mass is 16.7. The summed E-state index contributed by atoms with van der Waals surface area (Å²) in [4.78, 5) is 28.2. The van der Waals surface area contributed by atoms with Crippen LogP contribution in [-0.4, -0.2) is 52.4 Å². The zero-order valence-corrected chi connectivity index (χ0v) is 19.2. The number of pyridine rings is 1. The number of carbonyl (C=O) groups excluding carboxylic acids is 1. The summed E-state index contributed by atoms with van der Waals surface area (Å²) in [5, 5.41) is 0. The van der Waals surface area contributed by atoms with Crippen LogP contribution in [0.15, 0.2) is 23.0 Å². The molecule has 32 heavy (non-hydrogen) atoms. The minimum atomic E-state index is -0.391. The fourth-order valence-corrected chi connectivity index (χ4v) is 8.68. The number of aromatic nitrogens is 1. The van der Waals surface area contributed by atoms with Crippen LogP contribution in [0.4, 0.5) is 0 Å². The summed E-state index contributed by atoms with van der Waals surface area (Å²) in [6, 6.07) is 5.68. The van der Waals surface area contributed by atoms with Crippen molar-refractivity contribution in [3.8, 4) is 0 Å². The number of carbonyl (C=O) groups is 1. The molecule has 6 heteroatoms. The zero-order chi connectivity index (χ0) is 21.8. The van der Waals surface area contributed by atoms with Crippen molar-refractivity contribution in [2.24, 2.45) is 29.6 Å². The second kappa shape index (κ2) is 6.47. The lowest BCUT2D eigenvalue weighted by molar-refractivity contribution is -0.168. The molecule has 0 radical (unpaired) electrons. The maximum Gasteiger partial charge on any atom is 0.311 e. The van der Waals surface area contributed by atoms with Gasteiger partial charge in [-0.15, -0.1) is 0 Å². The van der Waals surface area contributed by atoms with E-state index in [2.05, 4.69) is 24.8 Å². The van der Waals surface area contributed by atoms with Gasteiger partial charge in [0.05, 0.1) is 11.5 Å². The Morgan fingerprint density at radius 1 is 1.09 bits per heavy atom. The summed E-state index contributed by atoms with van der Waals surface area (Å²) in [7, 11) is 0. The lowest BCUT2D eigenvalue weighted by Gasteiger charge is -2.50. The lowest BCUT2D eigenvalue weighted by atomic mass is 9.55. The van der Waals surface area contributed by atoms with Gasteiger partial charge in [-0.2, -0.15) is 0 Å². The number of hydrogen-bond acceptors (Lipinski definition) is 5. The third-order valence-electron chi connectivity index (χ3n) is 10.1. The van der Waals surface area contributed by atoms with Crippen molar-refractivity contribution in [1.29, 1.82) is 0 Å². The van der Waals surface area contributed by atoms with Crippen molar-refractivity contribution in [2.45, 2.75) is 75.7 Å². The predicted octanol–water partition coefficient (Wildman–Crippen LogP) is 2.79. The smallest absolute Gasteiger partial charge is 0.311 e. The molecule has 0 N–H and O–H groups in total. The number of rotatable bonds is 2. The van der Waals surface area contributed by atoms with Gasteiger partial charge < -0.3 is 18.9 Å². The van der Waals surface area contributed by atoms with E-state index in [0.717, 1.165) is 51.9 Å². The normalized spacial score (nSPS) is 48.8. The third-order valence-corrected chi connectivity index (χ3v) is 10.1. The van der Waals surface area contributed by atoms with Crippen LogP contribution < -0.4 is 5.56 Å². The van der Waals surface area contributed by atoms with Crippen LogP contribution in [0.1, 0.15) is 57.6 Å². The first-order chi connectivity index (χ1) is 15.4. The zero-order valence-electron chi connectivity index (χ0n) is 19.2. The molecule has 0 amide bonds. The van der Waals surface area contributed by atoms with Crippen LogP contribution in [0, 0.1) is 29.6 Å². The molecule has 2 bridgehead atoms. The van der Waals surface area contributed by atoms with E-state index in [1.54, 1.807) is 6.07 Å². The van der Waals surface area contributed by atoms with E-state index in [9.17, 15) is 9.59 Å². The first-order valence-corrected chi connectivity index (χ1v) is 12.7. The van der Waals surface area contributed by atoms with Crippen molar-refractivity contribution < 1.29 is 14.3 Å². The Hall–Kier alpha value is -1.66. The second-order valence-electron chi connectivity index (χ2n) is 11.9. The molecule has 5 fully saturated rings. The SMILES string of the molecule is C[C@@H]1CC[C@H]2[C@@H](CN3C[C@H]4C[C@@H](C3)c3cccc(=O)n3C4)C(=O)O[C@]23[C@H]1CC[C@@]1(C)O[C@@H]31. The highest BCUT2D eigenvalue weighted by Gasteiger charge is 2.77. The molecule has 1 aromatic heterocycles. The number of fused-ring (bicyclic) bond motifs is 5. The molecule has 2 saturated carbocycles. The molecule has 1 spiro atoms. The average molecular weight is 439 g/mol. The minimum absolute atomic E-state index is 0.0150. The quantitative estimate of drug-likeness (QED) is 0.525. The Morgan fingerprint density at radius 3 is 2.84 bits per heavy atom. The van der Waals surface area contributed by atoms with Gasteiger partial charge >= 0.3 is 5.97 Å². The van der Waals surface area contributed by atoms with Crippen LogP contribution in [-0.2, 0) is 20.8 Å². The largest absolute Gasteiger partial charge is 0.455 e. The third kappa shape index (κ3) is 2.54. The van der Waals surface area contributed by atoms with Crippen molar-refractivity contribution in [3.63, 3.8) is 0 Å². The molecule has 172 valence electrons. The van der Waals surface area contributed by atoms with E-state index in [4.69, 9.17) is 9.47 Å². The molecule has 4 aliphatic heterocycles. The molecule has 3 saturated heterocycles. The van der Waals surface area contributed by atoms with Gasteiger partial charge in [0.2, 0.25) is 0 Å². The molecule has 0 unspecified atom stereocenters. The molecule has 6 nitrogen and oxygen atoms in total. The summed E-state index contributed by atoms with van der Waals surface area (Å²) in [5.41, 5.74) is 0.821. The first kappa shape index (κ1) is 19.8. The molecule has 7 rings (SSSR count). The van der Waals surface area contributed by atoms with Crippen LogP contribution in [0.25, 0.3) is 0 Å². The van der Waals surface area contributed by atoms with E-state index in [1.807, 2.05) is 10.6 Å². The Morgan fingerprint density at radius 2 is 1.97 bits per heavy atom. The van der Waals surface area contributed by atoms with E-state index in [-0.39, 0.29) is 35.1 Å². The Balaban J connectivity index is 1.16. The molecule has 2 aliphatic carbocycles. The number of esters is 1. The Labute approximate surface area is 189 Å². The van der Waals surface area contributed by atoms with Gasteiger partial charge in [0, 0.05) is 55.7 Å². The Bertz CT molecular complexity index is 1040. The monoisotopic (exact) mass is 438 g/mol. The topological polar surface area (TPSA) is 64.1 Å². The van der Waals surface area contributed by atoms with Crippen LogP contribution in [0.2, 0.25) is 0 Å². The Kier molecular flexibility index (Phi) is 4.00. The maximum atomic E-state index is 13.4. The van der Waals surface area contributed by atoms with E-state index < -0.39 is 5.60 Å². The number of epoxide rings is 1. The van der Waals surface area contributed by atoms with Gasteiger partial charge in [0.1, 0.15) is 11.7 Å².